The molecule has 0 spiro atoms. The number of benzene rings is 3. The van der Waals surface area contributed by atoms with E-state index < -0.39 is 7.92 Å². The number of fused-ring (bicyclic) bond motifs is 8. The molecule has 3 atom stereocenters. The maximum absolute atomic E-state index is 2.99. The molecule has 6 aliphatic rings. The van der Waals surface area contributed by atoms with Crippen LogP contribution in [0.4, 0.5) is 17.1 Å². The summed E-state index contributed by atoms with van der Waals surface area (Å²) in [4.78, 5) is 5.91. The van der Waals surface area contributed by atoms with Crippen molar-refractivity contribution in [3.63, 3.8) is 0 Å². The van der Waals surface area contributed by atoms with E-state index in [0.29, 0.717) is 29.3 Å². The average Bonchev–Trinajstić information content (AvgIpc) is 3.51. The van der Waals surface area contributed by atoms with Gasteiger partial charge < -0.3 is 9.80 Å². The molecule has 0 saturated heterocycles. The van der Waals surface area contributed by atoms with Crippen molar-refractivity contribution >= 4 is 41.3 Å². The molecule has 3 aliphatic carbocycles. The smallest absolute Gasteiger partial charge is 0.0543 e. The Labute approximate surface area is 298 Å². The first-order chi connectivity index (χ1) is 23.2. The Morgan fingerprint density at radius 3 is 2.16 bits per heavy atom. The van der Waals surface area contributed by atoms with Crippen LogP contribution in [0, 0.1) is 11.3 Å². The fourth-order valence-corrected chi connectivity index (χ4v) is 14.4. The minimum Gasteiger partial charge on any atom is -0.337 e. The van der Waals surface area contributed by atoms with Gasteiger partial charge in [0.05, 0.1) is 22.8 Å². The first-order valence-corrected chi connectivity index (χ1v) is 21.1. The maximum Gasteiger partial charge on any atom is 0.0543 e. The second-order valence-electron chi connectivity index (χ2n) is 19.5. The van der Waals surface area contributed by atoms with Crippen molar-refractivity contribution in [3.8, 4) is 0 Å². The largest absolute Gasteiger partial charge is 0.337 e. The molecular weight excluding hydrogens is 611 g/mol. The lowest BCUT2D eigenvalue weighted by atomic mass is 9.71. The van der Waals surface area contributed by atoms with Crippen molar-refractivity contribution < 1.29 is 0 Å². The van der Waals surface area contributed by atoms with Crippen molar-refractivity contribution in [1.29, 1.82) is 0 Å². The van der Waals surface area contributed by atoms with Crippen LogP contribution in [0.3, 0.4) is 0 Å². The summed E-state index contributed by atoms with van der Waals surface area (Å²) in [6.45, 7) is 24.6. The third kappa shape index (κ3) is 4.54. The molecule has 258 valence electrons. The molecule has 3 heterocycles. The number of para-hydroxylation sites is 1. The van der Waals surface area contributed by atoms with E-state index in [4.69, 9.17) is 0 Å². The highest BCUT2D eigenvalue weighted by molar-refractivity contribution is 7.78. The molecule has 0 amide bonds. The summed E-state index contributed by atoms with van der Waals surface area (Å²) in [6.07, 6.45) is 10.6. The summed E-state index contributed by atoms with van der Waals surface area (Å²) >= 11 is 0. The van der Waals surface area contributed by atoms with E-state index in [2.05, 4.69) is 128 Å². The normalized spacial score (nSPS) is 27.9. The van der Waals surface area contributed by atoms with Crippen LogP contribution in [0.1, 0.15) is 160 Å². The molecule has 49 heavy (non-hydrogen) atoms. The third-order valence-electron chi connectivity index (χ3n) is 13.9. The van der Waals surface area contributed by atoms with Gasteiger partial charge in [-0.15, -0.1) is 0 Å². The van der Waals surface area contributed by atoms with Crippen molar-refractivity contribution in [3.05, 3.63) is 81.7 Å². The Balaban J connectivity index is 1.35. The van der Waals surface area contributed by atoms with Crippen LogP contribution in [-0.2, 0) is 10.8 Å². The predicted octanol–water partition coefficient (Wildman–Crippen LogP) is 12.1. The average molecular weight is 671 g/mol. The highest BCUT2D eigenvalue weighted by atomic mass is 31.1. The Kier molecular flexibility index (Phi) is 7.08. The fourth-order valence-electron chi connectivity index (χ4n) is 11.1. The summed E-state index contributed by atoms with van der Waals surface area (Å²) in [5, 5.41) is 5.06. The highest BCUT2D eigenvalue weighted by Crippen LogP contribution is 2.70. The second-order valence-corrected chi connectivity index (χ2v) is 21.6. The van der Waals surface area contributed by atoms with Crippen LogP contribution in [-0.4, -0.2) is 12.1 Å². The van der Waals surface area contributed by atoms with Crippen LogP contribution in [0.25, 0.3) is 5.70 Å². The molecule has 3 unspecified atom stereocenters. The number of hydrogen-bond acceptors (Lipinski definition) is 2. The van der Waals surface area contributed by atoms with Crippen molar-refractivity contribution in [1.82, 2.24) is 0 Å². The molecular formula is C46H59N2P. The van der Waals surface area contributed by atoms with E-state index in [-0.39, 0.29) is 10.8 Å². The molecule has 0 bridgehead atoms. The summed E-state index contributed by atoms with van der Waals surface area (Å²) in [7, 11) is -0.689. The summed E-state index contributed by atoms with van der Waals surface area (Å²) < 4.78 is 0. The Morgan fingerprint density at radius 1 is 0.796 bits per heavy atom. The maximum atomic E-state index is 2.99. The van der Waals surface area contributed by atoms with Gasteiger partial charge >= 0.3 is 0 Å². The van der Waals surface area contributed by atoms with Crippen molar-refractivity contribution in [2.75, 3.05) is 9.80 Å². The molecule has 3 heteroatoms. The summed E-state index contributed by atoms with van der Waals surface area (Å²) in [5.74, 6) is 1.95. The van der Waals surface area contributed by atoms with E-state index in [1.54, 1.807) is 49.8 Å². The monoisotopic (exact) mass is 670 g/mol. The van der Waals surface area contributed by atoms with Gasteiger partial charge in [-0.2, -0.15) is 0 Å². The van der Waals surface area contributed by atoms with Gasteiger partial charge in [-0.3, -0.25) is 0 Å². The van der Waals surface area contributed by atoms with Gasteiger partial charge in [-0.1, -0.05) is 112 Å². The van der Waals surface area contributed by atoms with Gasteiger partial charge in [0.2, 0.25) is 0 Å². The fraction of sp³-hybridized carbons (Fsp3) is 0.565. The standard InChI is InChI=1S/C46H59N2P/c1-27(2)28-24-37-42-38(25-28)48-36-16-12-11-14-32(36)33-15-13-17-39(40(33)48)49(42)43-41(47(37)31-21-18-29(19-22-31)44(3,4)5)34-26-30(45(6,7)8)20-23-35(34)46(43,9)10/h13,15,17,20,23-27,29,31-32,36H,11-12,14,16,18-19,21-22H2,1-10H3. The molecule has 2 nitrogen and oxygen atoms in total. The molecule has 0 aromatic heterocycles. The van der Waals surface area contributed by atoms with Crippen LogP contribution < -0.4 is 20.4 Å². The van der Waals surface area contributed by atoms with Crippen molar-refractivity contribution in [2.45, 2.75) is 155 Å². The predicted molar refractivity (Wildman–Crippen MR) is 213 cm³/mol. The molecule has 0 radical (unpaired) electrons. The van der Waals surface area contributed by atoms with E-state index in [1.807, 2.05) is 0 Å². The topological polar surface area (TPSA) is 6.48 Å². The van der Waals surface area contributed by atoms with Gasteiger partial charge in [-0.05, 0) is 115 Å². The molecule has 2 fully saturated rings. The number of anilines is 3. The Bertz CT molecular complexity index is 1890. The molecule has 3 aromatic carbocycles. The highest BCUT2D eigenvalue weighted by Gasteiger charge is 2.55. The lowest BCUT2D eigenvalue weighted by molar-refractivity contribution is 0.170. The molecule has 3 aliphatic heterocycles. The Hall–Kier alpha value is -2.57. The van der Waals surface area contributed by atoms with Crippen molar-refractivity contribution in [2.24, 2.45) is 11.3 Å². The summed E-state index contributed by atoms with van der Waals surface area (Å²) in [6, 6.07) is 21.6. The molecule has 9 rings (SSSR count). The SMILES string of the molecule is CC(C)c1cc2c3c(c1)N1c4c(cccc4P3C3=C(c4cc(C(C)(C)C)ccc4C3(C)C)N2C2CCC(C(C)(C)C)CC2)C2CCCCC21. The minimum absolute atomic E-state index is 0.0322. The van der Waals surface area contributed by atoms with E-state index in [9.17, 15) is 0 Å². The van der Waals surface area contributed by atoms with E-state index >= 15 is 0 Å². The van der Waals surface area contributed by atoms with Gasteiger partial charge in [0.1, 0.15) is 0 Å². The van der Waals surface area contributed by atoms with Crippen LogP contribution in [0.15, 0.2) is 53.8 Å². The zero-order valence-corrected chi connectivity index (χ0v) is 32.9. The summed E-state index contributed by atoms with van der Waals surface area (Å²) in [5.41, 5.74) is 14.5. The lowest BCUT2D eigenvalue weighted by Gasteiger charge is -2.50. The third-order valence-corrected chi connectivity index (χ3v) is 16.8. The van der Waals surface area contributed by atoms with Gasteiger partial charge in [-0.25, -0.2) is 0 Å². The quantitative estimate of drug-likeness (QED) is 0.250. The second kappa shape index (κ2) is 10.7. The van der Waals surface area contributed by atoms with Crippen LogP contribution in [0.5, 0.6) is 0 Å². The zero-order valence-electron chi connectivity index (χ0n) is 32.0. The van der Waals surface area contributed by atoms with Gasteiger partial charge in [0.25, 0.3) is 0 Å². The van der Waals surface area contributed by atoms with Crippen LogP contribution in [0.2, 0.25) is 0 Å². The minimum atomic E-state index is -0.689. The van der Waals surface area contributed by atoms with Gasteiger partial charge in [0, 0.05) is 39.6 Å². The molecule has 2 saturated carbocycles. The number of allylic oxidation sites excluding steroid dienone is 1. The zero-order chi connectivity index (χ0) is 34.4. The van der Waals surface area contributed by atoms with E-state index in [0.717, 1.165) is 5.92 Å². The van der Waals surface area contributed by atoms with Crippen LogP contribution >= 0.6 is 7.92 Å². The first kappa shape index (κ1) is 32.3. The van der Waals surface area contributed by atoms with E-state index in [1.165, 1.54) is 68.1 Å². The number of hydrogen-bond donors (Lipinski definition) is 0. The number of nitrogens with zero attached hydrogens (tertiary/aromatic N) is 2. The molecule has 3 aromatic rings. The first-order valence-electron chi connectivity index (χ1n) is 19.8. The number of rotatable bonds is 2. The van der Waals surface area contributed by atoms with Gasteiger partial charge in [0.15, 0.2) is 0 Å². The molecule has 0 N–H and O–H groups in total. The Morgan fingerprint density at radius 2 is 1.49 bits per heavy atom. The lowest BCUT2D eigenvalue weighted by Crippen LogP contribution is -2.47.